The maximum atomic E-state index is 14.8. The molecule has 0 saturated carbocycles. The number of hydrogen-bond acceptors (Lipinski definition) is 6. The van der Waals surface area contributed by atoms with Crippen LogP contribution in [0.3, 0.4) is 0 Å². The summed E-state index contributed by atoms with van der Waals surface area (Å²) >= 11 is 5.91. The average Bonchev–Trinajstić information content (AvgIpc) is 3.21. The summed E-state index contributed by atoms with van der Waals surface area (Å²) in [6.45, 7) is 1.10. The molecule has 0 fully saturated rings. The van der Waals surface area contributed by atoms with Gasteiger partial charge in [0.2, 0.25) is 11.8 Å². The van der Waals surface area contributed by atoms with Gasteiger partial charge in [0.25, 0.3) is 0 Å². The lowest BCUT2D eigenvalue weighted by Gasteiger charge is -2.16. The molecule has 3 aromatic rings. The molecule has 0 saturated heterocycles. The van der Waals surface area contributed by atoms with Crippen LogP contribution < -0.4 is 19.5 Å². The standard InChI is InChI=1S/C19H17ClFN5O4S/c1-29-15-9-11(5-6-22-15)12-3-4-13(20)16(21)17(12)24-19(27)25-31(28)14-10-23-26-7-2-8-30-18(14)26/h3-6,9-10H,2,7-8H2,1H3,(H2,24,25,27). The maximum Gasteiger partial charge on any atom is 0.331 e. The van der Waals surface area contributed by atoms with Crippen LogP contribution in [0.4, 0.5) is 14.9 Å². The van der Waals surface area contributed by atoms with Crippen LogP contribution in [-0.2, 0) is 17.5 Å². The lowest BCUT2D eigenvalue weighted by Crippen LogP contribution is -2.31. The number of aryl methyl sites for hydroxylation is 1. The molecule has 2 N–H and O–H groups in total. The van der Waals surface area contributed by atoms with Crippen LogP contribution in [0.2, 0.25) is 5.02 Å². The molecule has 1 aliphatic heterocycles. The fourth-order valence-corrected chi connectivity index (χ4v) is 4.01. The third kappa shape index (κ3) is 4.32. The topological polar surface area (TPSA) is 107 Å². The van der Waals surface area contributed by atoms with Crippen molar-refractivity contribution >= 4 is 34.3 Å². The van der Waals surface area contributed by atoms with Crippen LogP contribution in [0.25, 0.3) is 11.1 Å². The molecule has 3 heterocycles. The number of halogens is 2. The number of methoxy groups -OCH3 is 1. The van der Waals surface area contributed by atoms with Crippen LogP contribution in [0.5, 0.6) is 11.8 Å². The number of pyridine rings is 1. The van der Waals surface area contributed by atoms with Crippen molar-refractivity contribution in [1.82, 2.24) is 19.5 Å². The van der Waals surface area contributed by atoms with Crippen LogP contribution in [0, 0.1) is 5.82 Å². The summed E-state index contributed by atoms with van der Waals surface area (Å²) < 4.78 is 41.9. The van der Waals surface area contributed by atoms with E-state index in [0.717, 1.165) is 6.42 Å². The fraction of sp³-hybridized carbons (Fsp3) is 0.211. The second kappa shape index (κ2) is 8.90. The predicted octanol–water partition coefficient (Wildman–Crippen LogP) is 3.37. The van der Waals surface area contributed by atoms with Crippen LogP contribution >= 0.6 is 11.6 Å². The third-order valence-electron chi connectivity index (χ3n) is 4.49. The van der Waals surface area contributed by atoms with Gasteiger partial charge in [-0.2, -0.15) is 5.10 Å². The highest BCUT2D eigenvalue weighted by Gasteiger charge is 2.23. The number of nitrogens with one attached hydrogen (secondary N) is 2. The van der Waals surface area contributed by atoms with Gasteiger partial charge in [-0.25, -0.2) is 23.1 Å². The zero-order chi connectivity index (χ0) is 22.0. The number of anilines is 1. The zero-order valence-corrected chi connectivity index (χ0v) is 17.8. The molecule has 162 valence electrons. The molecule has 0 aliphatic carbocycles. The summed E-state index contributed by atoms with van der Waals surface area (Å²) in [6.07, 6.45) is 3.64. The van der Waals surface area contributed by atoms with Gasteiger partial charge in [-0.1, -0.05) is 17.7 Å². The van der Waals surface area contributed by atoms with E-state index in [2.05, 4.69) is 20.1 Å². The van der Waals surface area contributed by atoms with E-state index >= 15 is 0 Å². The highest BCUT2D eigenvalue weighted by molar-refractivity contribution is 7.83. The third-order valence-corrected chi connectivity index (χ3v) is 5.83. The largest absolute Gasteiger partial charge is 0.481 e. The molecular formula is C19H17ClFN5O4S. The van der Waals surface area contributed by atoms with Gasteiger partial charge in [-0.05, 0) is 17.7 Å². The van der Waals surface area contributed by atoms with E-state index in [-0.39, 0.29) is 15.6 Å². The van der Waals surface area contributed by atoms with Crippen LogP contribution in [-0.4, -0.2) is 38.7 Å². The van der Waals surface area contributed by atoms with Crippen molar-refractivity contribution in [2.75, 3.05) is 19.0 Å². The van der Waals surface area contributed by atoms with Crippen molar-refractivity contribution in [3.05, 3.63) is 47.5 Å². The average molecular weight is 466 g/mol. The quantitative estimate of drug-likeness (QED) is 0.598. The Labute approximate surface area is 184 Å². The number of aromatic nitrogens is 3. The minimum Gasteiger partial charge on any atom is -0.481 e. The summed E-state index contributed by atoms with van der Waals surface area (Å²) in [7, 11) is -0.515. The number of benzene rings is 1. The number of ether oxygens (including phenoxy) is 2. The Morgan fingerprint density at radius 1 is 1.39 bits per heavy atom. The van der Waals surface area contributed by atoms with Gasteiger partial charge in [-0.3, -0.25) is 4.72 Å². The molecule has 0 radical (unpaired) electrons. The van der Waals surface area contributed by atoms with Crippen molar-refractivity contribution in [2.24, 2.45) is 0 Å². The minimum absolute atomic E-state index is 0.177. The number of carbonyl (C=O) groups is 1. The first-order valence-corrected chi connectivity index (χ1v) is 10.7. The Morgan fingerprint density at radius 2 is 2.23 bits per heavy atom. The zero-order valence-electron chi connectivity index (χ0n) is 16.2. The van der Waals surface area contributed by atoms with Gasteiger partial charge in [0.15, 0.2) is 16.8 Å². The van der Waals surface area contributed by atoms with Crippen molar-refractivity contribution in [2.45, 2.75) is 17.9 Å². The van der Waals surface area contributed by atoms with E-state index in [1.165, 1.54) is 25.6 Å². The molecule has 9 nitrogen and oxygen atoms in total. The van der Waals surface area contributed by atoms with Crippen molar-refractivity contribution in [3.63, 3.8) is 0 Å². The fourth-order valence-electron chi connectivity index (χ4n) is 3.05. The Kier molecular flexibility index (Phi) is 6.05. The molecule has 1 unspecified atom stereocenters. The molecular weight excluding hydrogens is 449 g/mol. The van der Waals surface area contributed by atoms with Gasteiger partial charge >= 0.3 is 6.03 Å². The maximum absolute atomic E-state index is 14.8. The second-order valence-electron chi connectivity index (χ2n) is 6.43. The van der Waals surface area contributed by atoms with E-state index < -0.39 is 22.8 Å². The molecule has 0 spiro atoms. The number of hydrogen-bond donors (Lipinski definition) is 2. The second-order valence-corrected chi connectivity index (χ2v) is 8.02. The molecule has 2 amide bonds. The summed E-state index contributed by atoms with van der Waals surface area (Å²) in [6, 6.07) is 5.24. The smallest absolute Gasteiger partial charge is 0.331 e. The van der Waals surface area contributed by atoms with E-state index in [1.807, 2.05) is 0 Å². The highest BCUT2D eigenvalue weighted by atomic mass is 35.5. The Bertz CT molecular complexity index is 1170. The lowest BCUT2D eigenvalue weighted by molar-refractivity contribution is 0.224. The van der Waals surface area contributed by atoms with Crippen LogP contribution in [0.15, 0.2) is 41.6 Å². The van der Waals surface area contributed by atoms with E-state index in [4.69, 9.17) is 21.1 Å². The summed E-state index contributed by atoms with van der Waals surface area (Å²) in [4.78, 5) is 16.8. The summed E-state index contributed by atoms with van der Waals surface area (Å²) in [5.41, 5.74) is 0.705. The van der Waals surface area contributed by atoms with E-state index in [9.17, 15) is 13.4 Å². The summed E-state index contributed by atoms with van der Waals surface area (Å²) in [5.74, 6) is -0.180. The van der Waals surface area contributed by atoms with Crippen molar-refractivity contribution < 1.29 is 22.9 Å². The minimum atomic E-state index is -1.97. The first kappa shape index (κ1) is 21.1. The number of amides is 2. The van der Waals surface area contributed by atoms with Crippen molar-refractivity contribution in [3.8, 4) is 22.9 Å². The number of nitrogens with zero attached hydrogens (tertiary/aromatic N) is 3. The SMILES string of the molecule is COc1cc(-c2ccc(Cl)c(F)c2NC(=O)NS(=O)c2cnn3c2OCCC3)ccn1. The van der Waals surface area contributed by atoms with Gasteiger partial charge in [0.1, 0.15) is 4.90 Å². The highest BCUT2D eigenvalue weighted by Crippen LogP contribution is 2.35. The van der Waals surface area contributed by atoms with E-state index in [0.29, 0.717) is 36.0 Å². The Hall–Kier alpha value is -3.18. The monoisotopic (exact) mass is 465 g/mol. The first-order valence-electron chi connectivity index (χ1n) is 9.14. The molecule has 2 aromatic heterocycles. The Morgan fingerprint density at radius 3 is 3.03 bits per heavy atom. The molecule has 1 aromatic carbocycles. The number of carbonyl (C=O) groups excluding carboxylic acids is 1. The summed E-state index contributed by atoms with van der Waals surface area (Å²) in [5, 5.41) is 6.31. The molecule has 4 rings (SSSR count). The van der Waals surface area contributed by atoms with E-state index in [1.54, 1.807) is 22.9 Å². The van der Waals surface area contributed by atoms with Gasteiger partial charge < -0.3 is 14.8 Å². The molecule has 1 aliphatic rings. The van der Waals surface area contributed by atoms with Gasteiger partial charge in [0.05, 0.1) is 30.6 Å². The molecule has 31 heavy (non-hydrogen) atoms. The molecule has 1 atom stereocenters. The molecule has 0 bridgehead atoms. The first-order chi connectivity index (χ1) is 15.0. The van der Waals surface area contributed by atoms with Gasteiger partial charge in [-0.15, -0.1) is 0 Å². The lowest BCUT2D eigenvalue weighted by atomic mass is 10.0. The normalized spacial score (nSPS) is 13.6. The Balaban J connectivity index is 1.58. The number of fused-ring (bicyclic) bond motifs is 1. The molecule has 12 heteroatoms. The van der Waals surface area contributed by atoms with Gasteiger partial charge in [0, 0.05) is 30.8 Å². The van der Waals surface area contributed by atoms with Crippen LogP contribution in [0.1, 0.15) is 6.42 Å². The number of urea groups is 1. The van der Waals surface area contributed by atoms with Crippen molar-refractivity contribution in [1.29, 1.82) is 0 Å². The number of rotatable bonds is 5. The predicted molar refractivity (Wildman–Crippen MR) is 112 cm³/mol.